The van der Waals surface area contributed by atoms with Gasteiger partial charge in [-0.05, 0) is 96.3 Å². The van der Waals surface area contributed by atoms with Crippen molar-refractivity contribution in [1.29, 1.82) is 0 Å². The number of rotatable bonds is 57. The molecule has 0 aromatic rings. The minimum atomic E-state index is -0.656. The van der Waals surface area contributed by atoms with Crippen molar-refractivity contribution in [3.05, 3.63) is 36.5 Å². The first-order valence-electron chi connectivity index (χ1n) is 31.9. The third-order valence-corrected chi connectivity index (χ3v) is 14.0. The summed E-state index contributed by atoms with van der Waals surface area (Å²) in [5, 5.41) is 25.7. The molecule has 0 unspecified atom stereocenters. The van der Waals surface area contributed by atoms with E-state index in [4.69, 9.17) is 15.3 Å². The number of allylic oxidation sites excluding steroid dienone is 6. The minimum absolute atomic E-state index is 0.340. The molecule has 6 nitrogen and oxygen atoms in total. The molecule has 0 aliphatic rings. The lowest BCUT2D eigenvalue weighted by Crippen LogP contribution is -1.93. The van der Waals surface area contributed by atoms with E-state index in [1.165, 1.54) is 289 Å². The van der Waals surface area contributed by atoms with Crippen LogP contribution in [-0.4, -0.2) is 33.2 Å². The third kappa shape index (κ3) is 81.7. The predicted octanol–water partition coefficient (Wildman–Crippen LogP) is 23.0. The van der Waals surface area contributed by atoms with Crippen LogP contribution in [0.5, 0.6) is 0 Å². The SMILES string of the molecule is CCCCCCCCC=CCCCCCCCCCCCC(=O)O.CCCCCCCCC=CCCCCCCCCCCCC(=O)O.CCCCCCCCC=CCCCCCCCCCCCC(=O)O. The van der Waals surface area contributed by atoms with Gasteiger partial charge in [0.25, 0.3) is 0 Å². The molecule has 0 aliphatic heterocycles. The monoisotopic (exact) mass is 1010 g/mol. The van der Waals surface area contributed by atoms with Gasteiger partial charge in [-0.1, -0.05) is 288 Å². The Bertz CT molecular complexity index is 989. The topological polar surface area (TPSA) is 112 Å². The Labute approximate surface area is 449 Å². The fourth-order valence-electron chi connectivity index (χ4n) is 9.16. The van der Waals surface area contributed by atoms with Crippen LogP contribution in [-0.2, 0) is 14.4 Å². The Morgan fingerprint density at radius 2 is 0.333 bits per heavy atom. The van der Waals surface area contributed by atoms with E-state index in [0.717, 1.165) is 38.5 Å². The molecule has 0 amide bonds. The molecular formula is C66H126O6. The van der Waals surface area contributed by atoms with E-state index in [-0.39, 0.29) is 0 Å². The van der Waals surface area contributed by atoms with Crippen LogP contribution in [0, 0.1) is 0 Å². The number of hydrogen-bond acceptors (Lipinski definition) is 3. The van der Waals surface area contributed by atoms with Crippen LogP contribution < -0.4 is 0 Å². The highest BCUT2D eigenvalue weighted by molar-refractivity contribution is 5.67. The van der Waals surface area contributed by atoms with Crippen molar-refractivity contribution < 1.29 is 29.7 Å². The smallest absolute Gasteiger partial charge is 0.303 e. The van der Waals surface area contributed by atoms with Gasteiger partial charge in [0.15, 0.2) is 0 Å². The fraction of sp³-hybridized carbons (Fsp3) is 0.864. The molecule has 3 N–H and O–H groups in total. The molecule has 0 bridgehead atoms. The molecule has 0 saturated heterocycles. The molecule has 0 aromatic heterocycles. The normalized spacial score (nSPS) is 11.4. The summed E-state index contributed by atoms with van der Waals surface area (Å²) in [6, 6.07) is 0. The molecule has 0 heterocycles. The second-order valence-electron chi connectivity index (χ2n) is 21.4. The summed E-state index contributed by atoms with van der Waals surface area (Å²) in [5.41, 5.74) is 0. The second-order valence-corrected chi connectivity index (χ2v) is 21.4. The first-order chi connectivity index (χ1) is 35.3. The fourth-order valence-corrected chi connectivity index (χ4v) is 9.16. The first-order valence-corrected chi connectivity index (χ1v) is 31.9. The van der Waals surface area contributed by atoms with Crippen molar-refractivity contribution in [2.24, 2.45) is 0 Å². The molecule has 0 fully saturated rings. The summed E-state index contributed by atoms with van der Waals surface area (Å²) in [6.07, 6.45) is 81.4. The Morgan fingerprint density at radius 1 is 0.208 bits per heavy atom. The zero-order chi connectivity index (χ0) is 53.2. The maximum atomic E-state index is 10.4. The number of carboxylic acid groups (broad SMARTS) is 3. The van der Waals surface area contributed by atoms with Crippen molar-refractivity contribution in [2.75, 3.05) is 0 Å². The molecule has 0 saturated carbocycles. The lowest BCUT2D eigenvalue weighted by atomic mass is 10.1. The van der Waals surface area contributed by atoms with E-state index in [1.807, 2.05) is 0 Å². The molecule has 0 aromatic carbocycles. The van der Waals surface area contributed by atoms with E-state index in [9.17, 15) is 14.4 Å². The lowest BCUT2D eigenvalue weighted by molar-refractivity contribution is -0.138. The maximum absolute atomic E-state index is 10.4. The van der Waals surface area contributed by atoms with Gasteiger partial charge < -0.3 is 15.3 Å². The third-order valence-electron chi connectivity index (χ3n) is 14.0. The summed E-state index contributed by atoms with van der Waals surface area (Å²) in [4.78, 5) is 31.1. The highest BCUT2D eigenvalue weighted by Gasteiger charge is 2.00. The average molecular weight is 1020 g/mol. The largest absolute Gasteiger partial charge is 0.481 e. The first kappa shape index (κ1) is 73.9. The number of unbranched alkanes of at least 4 members (excludes halogenated alkanes) is 45. The number of carbonyl (C=O) groups is 3. The Kier molecular flexibility index (Phi) is 72.5. The van der Waals surface area contributed by atoms with Crippen LogP contribution in [0.1, 0.15) is 367 Å². The van der Waals surface area contributed by atoms with Crippen LogP contribution in [0.4, 0.5) is 0 Å². The second kappa shape index (κ2) is 70.7. The van der Waals surface area contributed by atoms with Gasteiger partial charge in [0, 0.05) is 19.3 Å². The van der Waals surface area contributed by atoms with Gasteiger partial charge in [-0.3, -0.25) is 14.4 Å². The van der Waals surface area contributed by atoms with Gasteiger partial charge in [-0.15, -0.1) is 0 Å². The van der Waals surface area contributed by atoms with E-state index in [1.54, 1.807) is 0 Å². The summed E-state index contributed by atoms with van der Waals surface area (Å²) < 4.78 is 0. The van der Waals surface area contributed by atoms with Gasteiger partial charge in [0.2, 0.25) is 0 Å². The molecule has 0 spiro atoms. The molecule has 426 valence electrons. The van der Waals surface area contributed by atoms with Crippen molar-refractivity contribution >= 4 is 17.9 Å². The maximum Gasteiger partial charge on any atom is 0.303 e. The molecule has 0 rings (SSSR count). The van der Waals surface area contributed by atoms with E-state index >= 15 is 0 Å². The Morgan fingerprint density at radius 3 is 0.472 bits per heavy atom. The van der Waals surface area contributed by atoms with Crippen molar-refractivity contribution in [3.63, 3.8) is 0 Å². The van der Waals surface area contributed by atoms with Gasteiger partial charge in [-0.25, -0.2) is 0 Å². The molecular weight excluding hydrogens is 889 g/mol. The van der Waals surface area contributed by atoms with Crippen molar-refractivity contribution in [3.8, 4) is 0 Å². The molecule has 0 aliphatic carbocycles. The highest BCUT2D eigenvalue weighted by atomic mass is 16.4. The summed E-state index contributed by atoms with van der Waals surface area (Å²) in [5.74, 6) is -1.97. The molecule has 0 radical (unpaired) electrons. The average Bonchev–Trinajstić information content (AvgIpc) is 3.36. The van der Waals surface area contributed by atoms with Gasteiger partial charge >= 0.3 is 17.9 Å². The lowest BCUT2D eigenvalue weighted by Gasteiger charge is -2.01. The Hall–Kier alpha value is -2.37. The van der Waals surface area contributed by atoms with E-state index in [0.29, 0.717) is 19.3 Å². The van der Waals surface area contributed by atoms with Crippen LogP contribution in [0.25, 0.3) is 0 Å². The van der Waals surface area contributed by atoms with E-state index < -0.39 is 17.9 Å². The highest BCUT2D eigenvalue weighted by Crippen LogP contribution is 2.16. The zero-order valence-corrected chi connectivity index (χ0v) is 48.7. The van der Waals surface area contributed by atoms with Gasteiger partial charge in [0.05, 0.1) is 0 Å². The molecule has 72 heavy (non-hydrogen) atoms. The van der Waals surface area contributed by atoms with Gasteiger partial charge in [0.1, 0.15) is 0 Å². The Balaban J connectivity index is -0.000000992. The number of hydrogen-bond donors (Lipinski definition) is 3. The van der Waals surface area contributed by atoms with Crippen LogP contribution >= 0.6 is 0 Å². The minimum Gasteiger partial charge on any atom is -0.481 e. The molecule has 0 atom stereocenters. The number of carboxylic acids is 3. The van der Waals surface area contributed by atoms with Gasteiger partial charge in [-0.2, -0.15) is 0 Å². The predicted molar refractivity (Wildman–Crippen MR) is 317 cm³/mol. The summed E-state index contributed by atoms with van der Waals surface area (Å²) in [7, 11) is 0. The number of aliphatic carboxylic acids is 3. The quantitative estimate of drug-likeness (QED) is 0.0413. The van der Waals surface area contributed by atoms with Crippen LogP contribution in [0.3, 0.4) is 0 Å². The van der Waals surface area contributed by atoms with E-state index in [2.05, 4.69) is 57.2 Å². The summed E-state index contributed by atoms with van der Waals surface area (Å²) in [6.45, 7) is 6.82. The van der Waals surface area contributed by atoms with Crippen LogP contribution in [0.15, 0.2) is 36.5 Å². The standard InChI is InChI=1S/3C22H42O2/c3*1-2-3-4-5-6-7-8-9-10-11-12-13-14-15-16-17-18-19-20-21-22(23)24/h3*9-10H,2-8,11-21H2,1H3,(H,23,24). The van der Waals surface area contributed by atoms with Crippen LogP contribution in [0.2, 0.25) is 0 Å². The zero-order valence-electron chi connectivity index (χ0n) is 48.7. The summed E-state index contributed by atoms with van der Waals surface area (Å²) >= 11 is 0. The van der Waals surface area contributed by atoms with Crippen molar-refractivity contribution in [2.45, 2.75) is 367 Å². The molecule has 6 heteroatoms. The van der Waals surface area contributed by atoms with Crippen molar-refractivity contribution in [1.82, 2.24) is 0 Å².